The van der Waals surface area contributed by atoms with Gasteiger partial charge in [0, 0.05) is 18.5 Å². The average Bonchev–Trinajstić information content (AvgIpc) is 2.42. The zero-order chi connectivity index (χ0) is 14.9. The molecule has 0 aromatic heterocycles. The van der Waals surface area contributed by atoms with Gasteiger partial charge < -0.3 is 9.64 Å². The molecule has 0 N–H and O–H groups in total. The highest BCUT2D eigenvalue weighted by Gasteiger charge is 2.40. The van der Waals surface area contributed by atoms with Gasteiger partial charge in [0.05, 0.1) is 5.69 Å². The molecule has 20 heavy (non-hydrogen) atoms. The fourth-order valence-electron chi connectivity index (χ4n) is 2.26. The monoisotopic (exact) mass is 273 g/mol. The second-order valence-electron chi connectivity index (χ2n) is 5.28. The van der Waals surface area contributed by atoms with Gasteiger partial charge in [0.2, 0.25) is 0 Å². The summed E-state index contributed by atoms with van der Waals surface area (Å²) in [7, 11) is 0. The van der Waals surface area contributed by atoms with E-state index in [1.54, 1.807) is 43.0 Å². The maximum absolute atomic E-state index is 12.4. The van der Waals surface area contributed by atoms with Crippen LogP contribution in [0, 0.1) is 0 Å². The molecule has 4 heteroatoms. The third kappa shape index (κ3) is 2.33. The van der Waals surface area contributed by atoms with E-state index in [1.807, 2.05) is 6.92 Å². The lowest BCUT2D eigenvalue weighted by Crippen LogP contribution is -2.52. The van der Waals surface area contributed by atoms with Crippen molar-refractivity contribution in [1.82, 2.24) is 0 Å². The number of rotatable bonds is 4. The van der Waals surface area contributed by atoms with E-state index in [0.717, 1.165) is 0 Å². The van der Waals surface area contributed by atoms with Crippen LogP contribution in [0.1, 0.15) is 37.6 Å². The molecular formula is C16H19NO3. The zero-order valence-electron chi connectivity index (χ0n) is 12.1. The lowest BCUT2D eigenvalue weighted by atomic mass is 10.0. The van der Waals surface area contributed by atoms with Crippen LogP contribution < -0.4 is 9.64 Å². The molecule has 1 heterocycles. The quantitative estimate of drug-likeness (QED) is 0.626. The predicted octanol–water partition coefficient (Wildman–Crippen LogP) is 2.97. The Kier molecular flexibility index (Phi) is 3.66. The Morgan fingerprint density at radius 2 is 2.15 bits per heavy atom. The number of fused-ring (bicyclic) bond motifs is 1. The van der Waals surface area contributed by atoms with Gasteiger partial charge in [0.15, 0.2) is 11.4 Å². The summed E-state index contributed by atoms with van der Waals surface area (Å²) in [6, 6.07) is 5.21. The molecule has 0 bridgehead atoms. The topological polar surface area (TPSA) is 46.6 Å². The highest BCUT2D eigenvalue weighted by atomic mass is 16.5. The number of ketones is 1. The number of hydrogen-bond acceptors (Lipinski definition) is 3. The Labute approximate surface area is 119 Å². The summed E-state index contributed by atoms with van der Waals surface area (Å²) in [6.07, 6.45) is 2.10. The first kappa shape index (κ1) is 14.3. The summed E-state index contributed by atoms with van der Waals surface area (Å²) in [4.78, 5) is 25.8. The molecule has 0 saturated heterocycles. The molecule has 0 aliphatic carbocycles. The van der Waals surface area contributed by atoms with Crippen LogP contribution in [0.25, 0.3) is 0 Å². The summed E-state index contributed by atoms with van der Waals surface area (Å²) < 4.78 is 5.74. The number of nitrogens with zero attached hydrogens (tertiary/aromatic N) is 1. The summed E-state index contributed by atoms with van der Waals surface area (Å²) in [5.74, 6) is 0.527. The number of amides is 1. The minimum Gasteiger partial charge on any atom is -0.476 e. The Balaban J connectivity index is 2.53. The molecule has 106 valence electrons. The predicted molar refractivity (Wildman–Crippen MR) is 78.3 cm³/mol. The highest BCUT2D eigenvalue weighted by Crippen LogP contribution is 2.38. The van der Waals surface area contributed by atoms with E-state index >= 15 is 0 Å². The minimum absolute atomic E-state index is 0.0450. The van der Waals surface area contributed by atoms with Gasteiger partial charge in [-0.2, -0.15) is 0 Å². The number of carbonyl (C=O) groups excluding carboxylic acids is 2. The van der Waals surface area contributed by atoms with Gasteiger partial charge in [-0.25, -0.2) is 0 Å². The third-order valence-corrected chi connectivity index (χ3v) is 3.33. The van der Waals surface area contributed by atoms with Crippen LogP contribution in [-0.2, 0) is 4.79 Å². The van der Waals surface area contributed by atoms with Crippen molar-refractivity contribution in [2.45, 2.75) is 32.8 Å². The maximum Gasteiger partial charge on any atom is 0.270 e. The van der Waals surface area contributed by atoms with Gasteiger partial charge in [-0.05, 0) is 32.0 Å². The first-order chi connectivity index (χ1) is 9.40. The SMILES string of the molecule is C=CCN1C(=O)C(C)(C)Oc2ccc(C(=O)CC)cc21. The second kappa shape index (κ2) is 5.12. The maximum atomic E-state index is 12.4. The van der Waals surface area contributed by atoms with E-state index in [2.05, 4.69) is 6.58 Å². The molecule has 0 saturated carbocycles. The Hall–Kier alpha value is -2.10. The van der Waals surface area contributed by atoms with Crippen LogP contribution in [0.5, 0.6) is 5.75 Å². The molecule has 1 aliphatic rings. The van der Waals surface area contributed by atoms with Crippen molar-refractivity contribution in [3.63, 3.8) is 0 Å². The Morgan fingerprint density at radius 3 is 2.75 bits per heavy atom. The molecule has 0 fully saturated rings. The normalized spacial score (nSPS) is 16.4. The van der Waals surface area contributed by atoms with Crippen molar-refractivity contribution in [2.24, 2.45) is 0 Å². The molecule has 1 aromatic carbocycles. The zero-order valence-corrected chi connectivity index (χ0v) is 12.1. The molecule has 0 unspecified atom stereocenters. The van der Waals surface area contributed by atoms with Gasteiger partial charge in [0.1, 0.15) is 5.75 Å². The summed E-state index contributed by atoms with van der Waals surface area (Å²) >= 11 is 0. The molecule has 1 amide bonds. The van der Waals surface area contributed by atoms with Crippen molar-refractivity contribution >= 4 is 17.4 Å². The fourth-order valence-corrected chi connectivity index (χ4v) is 2.26. The molecule has 1 aliphatic heterocycles. The highest BCUT2D eigenvalue weighted by molar-refractivity contribution is 6.04. The van der Waals surface area contributed by atoms with Gasteiger partial charge in [-0.15, -0.1) is 6.58 Å². The van der Waals surface area contributed by atoms with Gasteiger partial charge in [0.25, 0.3) is 5.91 Å². The second-order valence-corrected chi connectivity index (χ2v) is 5.28. The first-order valence-electron chi connectivity index (χ1n) is 6.70. The number of hydrogen-bond donors (Lipinski definition) is 0. The molecule has 0 spiro atoms. The van der Waals surface area contributed by atoms with Crippen molar-refractivity contribution in [1.29, 1.82) is 0 Å². The number of benzene rings is 1. The van der Waals surface area contributed by atoms with E-state index in [9.17, 15) is 9.59 Å². The molecular weight excluding hydrogens is 254 g/mol. The van der Waals surface area contributed by atoms with Crippen molar-refractivity contribution in [2.75, 3.05) is 11.4 Å². The van der Waals surface area contributed by atoms with Crippen molar-refractivity contribution in [3.05, 3.63) is 36.4 Å². The van der Waals surface area contributed by atoms with Crippen LogP contribution >= 0.6 is 0 Å². The largest absolute Gasteiger partial charge is 0.476 e. The van der Waals surface area contributed by atoms with Crippen LogP contribution in [0.4, 0.5) is 5.69 Å². The van der Waals surface area contributed by atoms with Gasteiger partial charge in [-0.3, -0.25) is 9.59 Å². The van der Waals surface area contributed by atoms with E-state index in [4.69, 9.17) is 4.74 Å². The molecule has 4 nitrogen and oxygen atoms in total. The molecule has 0 atom stereocenters. The minimum atomic E-state index is -0.910. The fraction of sp³-hybridized carbons (Fsp3) is 0.375. The van der Waals surface area contributed by atoms with E-state index in [-0.39, 0.29) is 11.7 Å². The number of anilines is 1. The Morgan fingerprint density at radius 1 is 1.45 bits per heavy atom. The average molecular weight is 273 g/mol. The van der Waals surface area contributed by atoms with E-state index < -0.39 is 5.60 Å². The Bertz CT molecular complexity index is 575. The summed E-state index contributed by atoms with van der Waals surface area (Å²) in [5, 5.41) is 0. The summed E-state index contributed by atoms with van der Waals surface area (Å²) in [5.41, 5.74) is 0.316. The first-order valence-corrected chi connectivity index (χ1v) is 6.70. The van der Waals surface area contributed by atoms with E-state index in [1.165, 1.54) is 0 Å². The van der Waals surface area contributed by atoms with Gasteiger partial charge >= 0.3 is 0 Å². The standard InChI is InChI=1S/C16H19NO3/c1-5-9-17-12-10-11(13(18)6-2)7-8-14(12)20-16(3,4)15(17)19/h5,7-8,10H,1,6,9H2,2-4H3. The smallest absolute Gasteiger partial charge is 0.270 e. The van der Waals surface area contributed by atoms with Crippen LogP contribution in [0.2, 0.25) is 0 Å². The molecule has 2 rings (SSSR count). The lowest BCUT2D eigenvalue weighted by molar-refractivity contribution is -0.132. The molecule has 1 aromatic rings. The van der Waals surface area contributed by atoms with Crippen LogP contribution in [0.15, 0.2) is 30.9 Å². The van der Waals surface area contributed by atoms with Crippen molar-refractivity contribution < 1.29 is 14.3 Å². The third-order valence-electron chi connectivity index (χ3n) is 3.33. The van der Waals surface area contributed by atoms with Gasteiger partial charge in [-0.1, -0.05) is 13.0 Å². The number of Topliss-reactive ketones (excluding diaryl/α,β-unsaturated/α-hetero) is 1. The van der Waals surface area contributed by atoms with E-state index in [0.29, 0.717) is 30.0 Å². The molecule has 0 radical (unpaired) electrons. The van der Waals surface area contributed by atoms with Crippen LogP contribution in [-0.4, -0.2) is 23.8 Å². The van der Waals surface area contributed by atoms with Crippen molar-refractivity contribution in [3.8, 4) is 5.75 Å². The number of carbonyl (C=O) groups is 2. The number of ether oxygens (including phenoxy) is 1. The van der Waals surface area contributed by atoms with Crippen LogP contribution in [0.3, 0.4) is 0 Å². The lowest BCUT2D eigenvalue weighted by Gasteiger charge is -2.38. The summed E-state index contributed by atoms with van der Waals surface area (Å²) in [6.45, 7) is 9.36.